The number of hydrogen-bond donors (Lipinski definition) is 0. The van der Waals surface area contributed by atoms with Crippen molar-refractivity contribution in [3.8, 4) is 5.75 Å². The first-order valence-corrected chi connectivity index (χ1v) is 8.14. The summed E-state index contributed by atoms with van der Waals surface area (Å²) in [5, 5.41) is 0. The second kappa shape index (κ2) is 9.50. The molecule has 0 amide bonds. The van der Waals surface area contributed by atoms with Gasteiger partial charge in [-0.25, -0.2) is 0 Å². The first-order valence-electron chi connectivity index (χ1n) is 8.14. The van der Waals surface area contributed by atoms with E-state index >= 15 is 0 Å². The van der Waals surface area contributed by atoms with E-state index in [2.05, 4.69) is 0 Å². The molecule has 0 heterocycles. The van der Waals surface area contributed by atoms with Crippen LogP contribution in [-0.2, 0) is 16.1 Å². The van der Waals surface area contributed by atoms with Gasteiger partial charge in [0.15, 0.2) is 5.78 Å². The van der Waals surface area contributed by atoms with Crippen molar-refractivity contribution in [2.45, 2.75) is 32.8 Å². The van der Waals surface area contributed by atoms with Crippen LogP contribution in [0.2, 0.25) is 0 Å². The highest BCUT2D eigenvalue weighted by atomic mass is 16.5. The van der Waals surface area contributed by atoms with Crippen LogP contribution in [0.1, 0.15) is 42.1 Å². The summed E-state index contributed by atoms with van der Waals surface area (Å²) in [4.78, 5) is 23.5. The van der Waals surface area contributed by atoms with E-state index in [1.54, 1.807) is 25.1 Å². The molecule has 0 atom stereocenters. The van der Waals surface area contributed by atoms with Crippen LogP contribution in [0.3, 0.4) is 0 Å². The monoisotopic (exact) mass is 326 g/mol. The van der Waals surface area contributed by atoms with Crippen molar-refractivity contribution in [2.75, 3.05) is 6.61 Å². The van der Waals surface area contributed by atoms with Gasteiger partial charge in [0.2, 0.25) is 0 Å². The van der Waals surface area contributed by atoms with Crippen molar-refractivity contribution in [3.05, 3.63) is 65.7 Å². The summed E-state index contributed by atoms with van der Waals surface area (Å²) in [6.07, 6.45) is 1.08. The molecule has 0 aromatic heterocycles. The van der Waals surface area contributed by atoms with E-state index in [0.29, 0.717) is 37.4 Å². The highest BCUT2D eigenvalue weighted by Crippen LogP contribution is 2.17. The van der Waals surface area contributed by atoms with Gasteiger partial charge in [-0.15, -0.1) is 0 Å². The summed E-state index contributed by atoms with van der Waals surface area (Å²) in [5.74, 6) is 0.407. The van der Waals surface area contributed by atoms with E-state index < -0.39 is 0 Å². The van der Waals surface area contributed by atoms with Gasteiger partial charge >= 0.3 is 5.97 Å². The van der Waals surface area contributed by atoms with Crippen molar-refractivity contribution in [1.29, 1.82) is 0 Å². The number of benzene rings is 2. The summed E-state index contributed by atoms with van der Waals surface area (Å²) in [5.41, 5.74) is 1.67. The highest BCUT2D eigenvalue weighted by Gasteiger charge is 2.09. The molecule has 24 heavy (non-hydrogen) atoms. The van der Waals surface area contributed by atoms with Crippen molar-refractivity contribution in [1.82, 2.24) is 0 Å². The Bertz CT molecular complexity index is 664. The molecule has 0 N–H and O–H groups in total. The smallest absolute Gasteiger partial charge is 0.305 e. The Hall–Kier alpha value is -2.62. The number of Topliss-reactive ketones (excluding diaryl/α,β-unsaturated/α-hetero) is 1. The number of carbonyl (C=O) groups is 2. The third kappa shape index (κ3) is 5.88. The van der Waals surface area contributed by atoms with Gasteiger partial charge < -0.3 is 9.47 Å². The van der Waals surface area contributed by atoms with E-state index in [1.807, 2.05) is 36.4 Å². The molecule has 2 rings (SSSR count). The predicted molar refractivity (Wildman–Crippen MR) is 92.0 cm³/mol. The van der Waals surface area contributed by atoms with E-state index in [0.717, 1.165) is 5.56 Å². The zero-order chi connectivity index (χ0) is 17.2. The van der Waals surface area contributed by atoms with Crippen molar-refractivity contribution in [2.24, 2.45) is 0 Å². The van der Waals surface area contributed by atoms with Gasteiger partial charge in [0.25, 0.3) is 0 Å². The van der Waals surface area contributed by atoms with Gasteiger partial charge in [-0.2, -0.15) is 0 Å². The summed E-state index contributed by atoms with van der Waals surface area (Å²) < 4.78 is 10.6. The topological polar surface area (TPSA) is 52.6 Å². The molecule has 0 saturated heterocycles. The standard InChI is InChI=1S/C20H22O4/c1-2-23-20(22)13-7-12-19(21)17-10-6-11-18(14-17)24-15-16-8-4-3-5-9-16/h3-6,8-11,14H,2,7,12-13,15H2,1H3. The fraction of sp³-hybridized carbons (Fsp3) is 0.300. The molecule has 0 radical (unpaired) electrons. The van der Waals surface area contributed by atoms with Gasteiger partial charge in [-0.1, -0.05) is 42.5 Å². The number of rotatable bonds is 9. The molecule has 0 aliphatic carbocycles. The lowest BCUT2D eigenvalue weighted by Gasteiger charge is -2.08. The minimum Gasteiger partial charge on any atom is -0.489 e. The van der Waals surface area contributed by atoms with Crippen LogP contribution in [-0.4, -0.2) is 18.4 Å². The molecule has 0 unspecified atom stereocenters. The number of ketones is 1. The average molecular weight is 326 g/mol. The first kappa shape index (κ1) is 17.7. The van der Waals surface area contributed by atoms with Gasteiger partial charge in [-0.05, 0) is 31.0 Å². The Morgan fingerprint density at radius 2 is 1.75 bits per heavy atom. The van der Waals surface area contributed by atoms with Crippen LogP contribution < -0.4 is 4.74 Å². The molecule has 0 spiro atoms. The Labute approximate surface area is 142 Å². The molecule has 4 nitrogen and oxygen atoms in total. The second-order valence-corrected chi connectivity index (χ2v) is 5.38. The van der Waals surface area contributed by atoms with Crippen LogP contribution in [0.25, 0.3) is 0 Å². The van der Waals surface area contributed by atoms with Crippen molar-refractivity contribution in [3.63, 3.8) is 0 Å². The van der Waals surface area contributed by atoms with Crippen molar-refractivity contribution < 1.29 is 19.1 Å². The highest BCUT2D eigenvalue weighted by molar-refractivity contribution is 5.96. The van der Waals surface area contributed by atoms with E-state index in [4.69, 9.17) is 9.47 Å². The molecule has 126 valence electrons. The number of esters is 1. The third-order valence-corrected chi connectivity index (χ3v) is 3.49. The summed E-state index contributed by atoms with van der Waals surface area (Å²) >= 11 is 0. The van der Waals surface area contributed by atoms with E-state index in [1.165, 1.54) is 0 Å². The molecule has 4 heteroatoms. The van der Waals surface area contributed by atoms with Crippen molar-refractivity contribution >= 4 is 11.8 Å². The lowest BCUT2D eigenvalue weighted by atomic mass is 10.1. The zero-order valence-electron chi connectivity index (χ0n) is 13.9. The Balaban J connectivity index is 1.85. The molecule has 2 aromatic rings. The van der Waals surface area contributed by atoms with Crippen LogP contribution in [0.5, 0.6) is 5.75 Å². The fourth-order valence-corrected chi connectivity index (χ4v) is 2.27. The number of carbonyl (C=O) groups excluding carboxylic acids is 2. The third-order valence-electron chi connectivity index (χ3n) is 3.49. The quantitative estimate of drug-likeness (QED) is 0.512. The normalized spacial score (nSPS) is 10.2. The van der Waals surface area contributed by atoms with Crippen LogP contribution in [0.4, 0.5) is 0 Å². The molecule has 0 fully saturated rings. The Kier molecular flexibility index (Phi) is 7.02. The molecule has 2 aromatic carbocycles. The van der Waals surface area contributed by atoms with Gasteiger partial charge in [0.05, 0.1) is 6.61 Å². The summed E-state index contributed by atoms with van der Waals surface area (Å²) in [6, 6.07) is 17.0. The Morgan fingerprint density at radius 1 is 0.958 bits per heavy atom. The maximum Gasteiger partial charge on any atom is 0.305 e. The number of ether oxygens (including phenoxy) is 2. The fourth-order valence-electron chi connectivity index (χ4n) is 2.27. The van der Waals surface area contributed by atoms with E-state index in [9.17, 15) is 9.59 Å². The SMILES string of the molecule is CCOC(=O)CCCC(=O)c1cccc(OCc2ccccc2)c1. The van der Waals surface area contributed by atoms with E-state index in [-0.39, 0.29) is 18.2 Å². The lowest BCUT2D eigenvalue weighted by Crippen LogP contribution is -2.06. The molecular weight excluding hydrogens is 304 g/mol. The van der Waals surface area contributed by atoms with Gasteiger partial charge in [-0.3, -0.25) is 9.59 Å². The summed E-state index contributed by atoms with van der Waals surface area (Å²) in [6.45, 7) is 2.60. The van der Waals surface area contributed by atoms with Crippen LogP contribution in [0.15, 0.2) is 54.6 Å². The first-order chi connectivity index (χ1) is 11.7. The maximum atomic E-state index is 12.2. The van der Waals surface area contributed by atoms with Crippen LogP contribution >= 0.6 is 0 Å². The maximum absolute atomic E-state index is 12.2. The largest absolute Gasteiger partial charge is 0.489 e. The molecule has 0 aliphatic rings. The minimum atomic E-state index is -0.259. The van der Waals surface area contributed by atoms with Gasteiger partial charge in [0, 0.05) is 18.4 Å². The predicted octanol–water partition coefficient (Wildman–Crippen LogP) is 4.18. The molecule has 0 aliphatic heterocycles. The average Bonchev–Trinajstić information content (AvgIpc) is 2.61. The molecule has 0 bridgehead atoms. The Morgan fingerprint density at radius 3 is 2.50 bits per heavy atom. The van der Waals surface area contributed by atoms with Crippen LogP contribution in [0, 0.1) is 0 Å². The molecular formula is C20H22O4. The number of hydrogen-bond acceptors (Lipinski definition) is 4. The lowest BCUT2D eigenvalue weighted by molar-refractivity contribution is -0.143. The van der Waals surface area contributed by atoms with Gasteiger partial charge in [0.1, 0.15) is 12.4 Å². The molecule has 0 saturated carbocycles. The minimum absolute atomic E-state index is 0.00413. The summed E-state index contributed by atoms with van der Waals surface area (Å²) in [7, 11) is 0. The second-order valence-electron chi connectivity index (χ2n) is 5.38. The zero-order valence-corrected chi connectivity index (χ0v) is 13.9.